The van der Waals surface area contributed by atoms with E-state index in [9.17, 15) is 4.79 Å². The third-order valence-electron chi connectivity index (χ3n) is 3.24. The van der Waals surface area contributed by atoms with Crippen molar-refractivity contribution in [3.63, 3.8) is 0 Å². The van der Waals surface area contributed by atoms with Crippen LogP contribution in [0.2, 0.25) is 0 Å². The molecule has 20 heavy (non-hydrogen) atoms. The Morgan fingerprint density at radius 3 is 2.90 bits per heavy atom. The van der Waals surface area contributed by atoms with Gasteiger partial charge in [-0.3, -0.25) is 4.79 Å². The Labute approximate surface area is 127 Å². The molecule has 2 aliphatic rings. The lowest BCUT2D eigenvalue weighted by Crippen LogP contribution is -2.17. The Balaban J connectivity index is 1.75. The number of carbonyl (C=O) groups excluding carboxylic acids is 1. The van der Waals surface area contributed by atoms with Crippen LogP contribution in [0.1, 0.15) is 17.5 Å². The van der Waals surface area contributed by atoms with Crippen LogP contribution in [-0.2, 0) is 4.79 Å². The van der Waals surface area contributed by atoms with E-state index in [2.05, 4.69) is 48.7 Å². The highest BCUT2D eigenvalue weighted by Crippen LogP contribution is 2.32. The van der Waals surface area contributed by atoms with Crippen molar-refractivity contribution >= 4 is 39.8 Å². The lowest BCUT2D eigenvalue weighted by Gasteiger charge is -2.04. The zero-order valence-corrected chi connectivity index (χ0v) is 12.6. The van der Waals surface area contributed by atoms with E-state index in [0.717, 1.165) is 12.0 Å². The van der Waals surface area contributed by atoms with Crippen molar-refractivity contribution in [2.75, 3.05) is 0 Å². The maximum absolute atomic E-state index is 11.6. The second-order valence-corrected chi connectivity index (χ2v) is 6.55. The van der Waals surface area contributed by atoms with Gasteiger partial charge in [-0.1, -0.05) is 66.0 Å². The molecule has 0 saturated carbocycles. The molecule has 0 spiro atoms. The van der Waals surface area contributed by atoms with Crippen molar-refractivity contribution in [1.82, 2.24) is 5.32 Å². The molecular weight excluding hydrogens is 286 g/mol. The highest BCUT2D eigenvalue weighted by atomic mass is 32.2. The van der Waals surface area contributed by atoms with Gasteiger partial charge in [-0.25, -0.2) is 0 Å². The predicted octanol–water partition coefficient (Wildman–Crippen LogP) is 3.74. The Kier molecular flexibility index (Phi) is 3.59. The van der Waals surface area contributed by atoms with Gasteiger partial charge in [0, 0.05) is 0 Å². The SMILES string of the molecule is Cc1cccc(C2=CC=C(/C=C3/SC(=S)NC3=O)C2)c1. The molecule has 0 radical (unpaired) electrons. The molecule has 3 rings (SSSR count). The van der Waals surface area contributed by atoms with Crippen molar-refractivity contribution < 1.29 is 4.79 Å². The number of rotatable bonds is 2. The number of benzene rings is 1. The minimum absolute atomic E-state index is 0.0927. The van der Waals surface area contributed by atoms with Gasteiger partial charge in [-0.05, 0) is 36.1 Å². The third-order valence-corrected chi connectivity index (χ3v) is 4.40. The highest BCUT2D eigenvalue weighted by Gasteiger charge is 2.22. The monoisotopic (exact) mass is 299 g/mol. The van der Waals surface area contributed by atoms with Gasteiger partial charge < -0.3 is 5.32 Å². The van der Waals surface area contributed by atoms with E-state index in [1.54, 1.807) is 0 Å². The number of aryl methyl sites for hydroxylation is 1. The van der Waals surface area contributed by atoms with Crippen LogP contribution in [0.15, 0.2) is 53.0 Å². The fourth-order valence-electron chi connectivity index (χ4n) is 2.28. The summed E-state index contributed by atoms with van der Waals surface area (Å²) < 4.78 is 0.534. The van der Waals surface area contributed by atoms with E-state index in [1.807, 2.05) is 6.08 Å². The number of hydrogen-bond donors (Lipinski definition) is 1. The Morgan fingerprint density at radius 2 is 2.20 bits per heavy atom. The van der Waals surface area contributed by atoms with Crippen LogP contribution in [0.25, 0.3) is 5.57 Å². The molecule has 1 aromatic rings. The van der Waals surface area contributed by atoms with Gasteiger partial charge in [0.2, 0.25) is 0 Å². The number of thiocarbonyl (C=S) groups is 1. The van der Waals surface area contributed by atoms with Gasteiger partial charge in [0.05, 0.1) is 4.91 Å². The number of hydrogen-bond acceptors (Lipinski definition) is 3. The largest absolute Gasteiger partial charge is 0.307 e. The first-order chi connectivity index (χ1) is 9.61. The smallest absolute Gasteiger partial charge is 0.263 e. The maximum atomic E-state index is 11.6. The molecule has 4 heteroatoms. The topological polar surface area (TPSA) is 29.1 Å². The average Bonchev–Trinajstić information content (AvgIpc) is 2.97. The van der Waals surface area contributed by atoms with Crippen LogP contribution in [0, 0.1) is 6.92 Å². The molecule has 1 aliphatic heterocycles. The number of nitrogens with one attached hydrogen (secondary N) is 1. The molecule has 0 aromatic heterocycles. The molecule has 100 valence electrons. The van der Waals surface area contributed by atoms with Crippen LogP contribution in [-0.4, -0.2) is 10.2 Å². The van der Waals surface area contributed by atoms with Gasteiger partial charge in [0.1, 0.15) is 4.32 Å². The molecule has 1 aromatic carbocycles. The van der Waals surface area contributed by atoms with E-state index < -0.39 is 0 Å². The first kappa shape index (κ1) is 13.3. The molecular formula is C16H13NOS2. The minimum Gasteiger partial charge on any atom is -0.307 e. The van der Waals surface area contributed by atoms with Gasteiger partial charge in [0.15, 0.2) is 0 Å². The van der Waals surface area contributed by atoms with Crippen LogP contribution in [0.5, 0.6) is 0 Å². The van der Waals surface area contributed by atoms with E-state index in [1.165, 1.54) is 28.5 Å². The van der Waals surface area contributed by atoms with Crippen molar-refractivity contribution in [2.45, 2.75) is 13.3 Å². The van der Waals surface area contributed by atoms with E-state index in [4.69, 9.17) is 12.2 Å². The summed E-state index contributed by atoms with van der Waals surface area (Å²) in [5.74, 6) is -0.0927. The standard InChI is InChI=1S/C16H13NOS2/c1-10-3-2-4-12(7-10)13-6-5-11(8-13)9-14-15(18)17-16(19)20-14/h2-7,9H,8H2,1H3,(H,17,18,19)/b14-9+. The summed E-state index contributed by atoms with van der Waals surface area (Å²) in [6, 6.07) is 8.47. The third kappa shape index (κ3) is 2.76. The molecule has 0 unspecified atom stereocenters. The number of thioether (sulfide) groups is 1. The van der Waals surface area contributed by atoms with Crippen LogP contribution < -0.4 is 5.32 Å². The summed E-state index contributed by atoms with van der Waals surface area (Å²) in [7, 11) is 0. The molecule has 0 atom stereocenters. The lowest BCUT2D eigenvalue weighted by molar-refractivity contribution is -0.115. The number of allylic oxidation sites excluding steroid dienone is 5. The van der Waals surface area contributed by atoms with Crippen molar-refractivity contribution in [3.05, 3.63) is 64.1 Å². The molecule has 2 nitrogen and oxygen atoms in total. The van der Waals surface area contributed by atoms with Gasteiger partial charge in [0.25, 0.3) is 5.91 Å². The molecule has 1 saturated heterocycles. The van der Waals surface area contributed by atoms with E-state index in [-0.39, 0.29) is 5.91 Å². The van der Waals surface area contributed by atoms with Gasteiger partial charge in [-0.2, -0.15) is 0 Å². The fourth-order valence-corrected chi connectivity index (χ4v) is 3.34. The molecule has 0 bridgehead atoms. The minimum atomic E-state index is -0.0927. The Bertz CT molecular complexity index is 698. The highest BCUT2D eigenvalue weighted by molar-refractivity contribution is 8.26. The second kappa shape index (κ2) is 5.38. The Morgan fingerprint density at radius 1 is 1.35 bits per heavy atom. The molecule has 1 aliphatic carbocycles. The maximum Gasteiger partial charge on any atom is 0.263 e. The lowest BCUT2D eigenvalue weighted by atomic mass is 10.0. The summed E-state index contributed by atoms with van der Waals surface area (Å²) >= 11 is 6.31. The normalized spacial score (nSPS) is 20.1. The fraction of sp³-hybridized carbons (Fsp3) is 0.125. The summed E-state index contributed by atoms with van der Waals surface area (Å²) in [4.78, 5) is 12.3. The zero-order chi connectivity index (χ0) is 14.1. The summed E-state index contributed by atoms with van der Waals surface area (Å²) in [6.45, 7) is 2.09. The van der Waals surface area contributed by atoms with Crippen LogP contribution >= 0.6 is 24.0 Å². The van der Waals surface area contributed by atoms with Gasteiger partial charge >= 0.3 is 0 Å². The number of carbonyl (C=O) groups is 1. The predicted molar refractivity (Wildman–Crippen MR) is 88.3 cm³/mol. The Hall–Kier alpha value is -1.65. The van der Waals surface area contributed by atoms with Crippen molar-refractivity contribution in [2.24, 2.45) is 0 Å². The van der Waals surface area contributed by atoms with Crippen LogP contribution in [0.4, 0.5) is 0 Å². The van der Waals surface area contributed by atoms with E-state index >= 15 is 0 Å². The first-order valence-corrected chi connectivity index (χ1v) is 7.56. The summed E-state index contributed by atoms with van der Waals surface area (Å²) in [5, 5.41) is 2.63. The second-order valence-electron chi connectivity index (χ2n) is 4.83. The zero-order valence-electron chi connectivity index (χ0n) is 11.0. The van der Waals surface area contributed by atoms with Crippen LogP contribution in [0.3, 0.4) is 0 Å². The molecule has 1 amide bonds. The molecule has 1 heterocycles. The van der Waals surface area contributed by atoms with Crippen molar-refractivity contribution in [1.29, 1.82) is 0 Å². The number of amides is 1. The van der Waals surface area contributed by atoms with Crippen molar-refractivity contribution in [3.8, 4) is 0 Å². The molecule has 1 fully saturated rings. The summed E-state index contributed by atoms with van der Waals surface area (Å²) in [6.07, 6.45) is 6.98. The van der Waals surface area contributed by atoms with E-state index in [0.29, 0.717) is 9.23 Å². The quantitative estimate of drug-likeness (QED) is 0.666. The summed E-state index contributed by atoms with van der Waals surface area (Å²) in [5.41, 5.74) is 4.93. The average molecular weight is 299 g/mol. The molecule has 1 N–H and O–H groups in total. The van der Waals surface area contributed by atoms with Gasteiger partial charge in [-0.15, -0.1) is 0 Å². The first-order valence-electron chi connectivity index (χ1n) is 6.33.